The summed E-state index contributed by atoms with van der Waals surface area (Å²) in [6.45, 7) is 7.20. The van der Waals surface area contributed by atoms with Gasteiger partial charge in [-0.25, -0.2) is 0 Å². The Labute approximate surface area is 80.1 Å². The molecule has 0 aliphatic heterocycles. The van der Waals surface area contributed by atoms with Gasteiger partial charge in [0, 0.05) is 13.1 Å². The molecule has 3 nitrogen and oxygen atoms in total. The molecule has 0 aromatic rings. The molecule has 1 atom stereocenters. The highest BCUT2D eigenvalue weighted by atomic mass is 16.2. The smallest absolute Gasteiger partial charge is 0.232 e. The van der Waals surface area contributed by atoms with E-state index in [1.54, 1.807) is 4.90 Å². The first-order valence-corrected chi connectivity index (χ1v) is 4.95. The Bertz CT molecular complexity index is 164. The van der Waals surface area contributed by atoms with Gasteiger partial charge in [0.1, 0.15) is 6.29 Å². The van der Waals surface area contributed by atoms with Gasteiger partial charge in [0.15, 0.2) is 0 Å². The quantitative estimate of drug-likeness (QED) is 0.464. The first-order chi connectivity index (χ1) is 6.21. The van der Waals surface area contributed by atoms with E-state index in [1.807, 2.05) is 20.8 Å². The van der Waals surface area contributed by atoms with Crippen LogP contribution in [0.25, 0.3) is 0 Å². The molecule has 0 heterocycles. The van der Waals surface area contributed by atoms with Gasteiger partial charge in [-0.3, -0.25) is 4.79 Å². The number of nitrogens with zero attached hydrogens (tertiary/aromatic N) is 1. The number of amides is 1. The molecule has 0 bridgehead atoms. The van der Waals surface area contributed by atoms with Crippen molar-refractivity contribution in [1.29, 1.82) is 0 Å². The molecule has 0 N–H and O–H groups in total. The number of carbonyl (C=O) groups is 2. The molecule has 0 rings (SSSR count). The van der Waals surface area contributed by atoms with Gasteiger partial charge in [-0.2, -0.15) is 0 Å². The highest BCUT2D eigenvalue weighted by Gasteiger charge is 2.20. The summed E-state index contributed by atoms with van der Waals surface area (Å²) in [5.41, 5.74) is 0. The second kappa shape index (κ2) is 6.63. The molecule has 0 fully saturated rings. The summed E-state index contributed by atoms with van der Waals surface area (Å²) in [6.07, 6.45) is 2.30. The van der Waals surface area contributed by atoms with E-state index < -0.39 is 5.92 Å². The summed E-state index contributed by atoms with van der Waals surface area (Å²) < 4.78 is 0. The van der Waals surface area contributed by atoms with Crippen LogP contribution in [0, 0.1) is 5.92 Å². The minimum Gasteiger partial charge on any atom is -0.343 e. The molecule has 13 heavy (non-hydrogen) atoms. The van der Waals surface area contributed by atoms with Gasteiger partial charge < -0.3 is 9.69 Å². The number of hydrogen-bond acceptors (Lipinski definition) is 2. The predicted octanol–water partition coefficient (Wildman–Crippen LogP) is 1.47. The average molecular weight is 185 g/mol. The summed E-state index contributed by atoms with van der Waals surface area (Å²) in [6, 6.07) is 0. The van der Waals surface area contributed by atoms with Crippen molar-refractivity contribution < 1.29 is 9.59 Å². The van der Waals surface area contributed by atoms with Gasteiger partial charge in [0.05, 0.1) is 5.92 Å². The lowest BCUT2D eigenvalue weighted by atomic mass is 10.0. The second-order valence-corrected chi connectivity index (χ2v) is 3.04. The second-order valence-electron chi connectivity index (χ2n) is 3.04. The van der Waals surface area contributed by atoms with Gasteiger partial charge >= 0.3 is 0 Å². The predicted molar refractivity (Wildman–Crippen MR) is 52.4 cm³/mol. The van der Waals surface area contributed by atoms with E-state index in [0.717, 1.165) is 12.7 Å². The van der Waals surface area contributed by atoms with E-state index in [4.69, 9.17) is 0 Å². The van der Waals surface area contributed by atoms with E-state index in [0.29, 0.717) is 19.5 Å². The molecule has 0 aliphatic carbocycles. The molecule has 0 unspecified atom stereocenters. The number of hydrogen-bond donors (Lipinski definition) is 0. The van der Waals surface area contributed by atoms with Crippen molar-refractivity contribution >= 4 is 12.2 Å². The lowest BCUT2D eigenvalue weighted by Gasteiger charge is -2.21. The molecule has 0 radical (unpaired) electrons. The molecule has 0 saturated heterocycles. The molecular weight excluding hydrogens is 166 g/mol. The van der Waals surface area contributed by atoms with Crippen LogP contribution in [0.3, 0.4) is 0 Å². The number of rotatable bonds is 6. The minimum absolute atomic E-state index is 0.0261. The van der Waals surface area contributed by atoms with Crippen LogP contribution in [-0.4, -0.2) is 30.2 Å². The van der Waals surface area contributed by atoms with Crippen LogP contribution in [0.1, 0.15) is 33.6 Å². The van der Waals surface area contributed by atoms with E-state index in [9.17, 15) is 9.59 Å². The molecule has 76 valence electrons. The molecule has 0 aromatic carbocycles. The Morgan fingerprint density at radius 1 is 1.31 bits per heavy atom. The van der Waals surface area contributed by atoms with Crippen molar-refractivity contribution in [2.75, 3.05) is 13.1 Å². The SMILES string of the molecule is CCC[C@H](C=O)C(=O)N(CC)CC. The molecular formula is C10H19NO2. The van der Waals surface area contributed by atoms with Crippen LogP contribution >= 0.6 is 0 Å². The van der Waals surface area contributed by atoms with Crippen LogP contribution in [0.15, 0.2) is 0 Å². The van der Waals surface area contributed by atoms with E-state index in [2.05, 4.69) is 0 Å². The van der Waals surface area contributed by atoms with Crippen LogP contribution in [0.5, 0.6) is 0 Å². The maximum Gasteiger partial charge on any atom is 0.232 e. The van der Waals surface area contributed by atoms with Gasteiger partial charge in [0.25, 0.3) is 0 Å². The molecule has 1 amide bonds. The zero-order valence-corrected chi connectivity index (χ0v) is 8.75. The van der Waals surface area contributed by atoms with Crippen LogP contribution in [0.4, 0.5) is 0 Å². The third kappa shape index (κ3) is 3.57. The first-order valence-electron chi connectivity index (χ1n) is 4.95. The normalized spacial score (nSPS) is 12.2. The van der Waals surface area contributed by atoms with Crippen molar-refractivity contribution in [3.05, 3.63) is 0 Å². The maximum absolute atomic E-state index is 11.6. The Morgan fingerprint density at radius 2 is 1.85 bits per heavy atom. The van der Waals surface area contributed by atoms with Crippen molar-refractivity contribution in [3.63, 3.8) is 0 Å². The van der Waals surface area contributed by atoms with Crippen molar-refractivity contribution in [2.45, 2.75) is 33.6 Å². The summed E-state index contributed by atoms with van der Waals surface area (Å²) in [4.78, 5) is 23.9. The molecule has 0 aromatic heterocycles. The summed E-state index contributed by atoms with van der Waals surface area (Å²) in [7, 11) is 0. The highest BCUT2D eigenvalue weighted by Crippen LogP contribution is 2.07. The van der Waals surface area contributed by atoms with E-state index in [-0.39, 0.29) is 5.91 Å². The van der Waals surface area contributed by atoms with Gasteiger partial charge in [-0.1, -0.05) is 13.3 Å². The Hall–Kier alpha value is -0.860. The first kappa shape index (κ1) is 12.1. The minimum atomic E-state index is -0.426. The van der Waals surface area contributed by atoms with Crippen molar-refractivity contribution in [1.82, 2.24) is 4.90 Å². The average Bonchev–Trinajstić information content (AvgIpc) is 2.15. The van der Waals surface area contributed by atoms with E-state index in [1.165, 1.54) is 0 Å². The topological polar surface area (TPSA) is 37.4 Å². The fourth-order valence-electron chi connectivity index (χ4n) is 1.33. The Balaban J connectivity index is 4.24. The number of carbonyl (C=O) groups excluding carboxylic acids is 2. The lowest BCUT2D eigenvalue weighted by molar-refractivity contribution is -0.137. The standard InChI is InChI=1S/C10H19NO2/c1-4-7-9(8-12)10(13)11(5-2)6-3/h8-9H,4-7H2,1-3H3/t9-/m1/s1. The van der Waals surface area contributed by atoms with Gasteiger partial charge in [-0.15, -0.1) is 0 Å². The summed E-state index contributed by atoms with van der Waals surface area (Å²) in [5.74, 6) is -0.452. The molecule has 3 heteroatoms. The fraction of sp³-hybridized carbons (Fsp3) is 0.800. The Morgan fingerprint density at radius 3 is 2.15 bits per heavy atom. The fourth-order valence-corrected chi connectivity index (χ4v) is 1.33. The third-order valence-corrected chi connectivity index (χ3v) is 2.16. The zero-order valence-electron chi connectivity index (χ0n) is 8.75. The van der Waals surface area contributed by atoms with Crippen LogP contribution in [-0.2, 0) is 9.59 Å². The monoisotopic (exact) mass is 185 g/mol. The van der Waals surface area contributed by atoms with Crippen LogP contribution in [0.2, 0.25) is 0 Å². The molecule has 0 saturated carbocycles. The van der Waals surface area contributed by atoms with Crippen molar-refractivity contribution in [2.24, 2.45) is 5.92 Å². The van der Waals surface area contributed by atoms with Crippen LogP contribution < -0.4 is 0 Å². The third-order valence-electron chi connectivity index (χ3n) is 2.16. The van der Waals surface area contributed by atoms with Crippen molar-refractivity contribution in [3.8, 4) is 0 Å². The van der Waals surface area contributed by atoms with Gasteiger partial charge in [-0.05, 0) is 20.3 Å². The van der Waals surface area contributed by atoms with Gasteiger partial charge in [0.2, 0.25) is 5.91 Å². The van der Waals surface area contributed by atoms with E-state index >= 15 is 0 Å². The molecule has 0 spiro atoms. The molecule has 0 aliphatic rings. The number of aldehydes is 1. The Kier molecular flexibility index (Phi) is 6.20. The largest absolute Gasteiger partial charge is 0.343 e. The lowest BCUT2D eigenvalue weighted by Crippen LogP contribution is -2.36. The highest BCUT2D eigenvalue weighted by molar-refractivity contribution is 5.91. The zero-order chi connectivity index (χ0) is 10.3. The summed E-state index contributed by atoms with van der Waals surface area (Å²) >= 11 is 0. The maximum atomic E-state index is 11.6. The summed E-state index contributed by atoms with van der Waals surface area (Å²) in [5, 5.41) is 0.